The molecule has 0 radical (unpaired) electrons. The van der Waals surface area contributed by atoms with Gasteiger partial charge in [-0.25, -0.2) is 4.98 Å². The fourth-order valence-electron chi connectivity index (χ4n) is 3.21. The summed E-state index contributed by atoms with van der Waals surface area (Å²) in [6, 6.07) is 12.2. The van der Waals surface area contributed by atoms with Crippen LogP contribution in [0, 0.1) is 0 Å². The number of para-hydroxylation sites is 1. The highest BCUT2D eigenvalue weighted by molar-refractivity contribution is 7.18. The van der Waals surface area contributed by atoms with Crippen molar-refractivity contribution in [2.24, 2.45) is 0 Å². The predicted octanol–water partition coefficient (Wildman–Crippen LogP) is 3.21. The second-order valence-corrected chi connectivity index (χ2v) is 7.33. The molecule has 0 saturated carbocycles. The summed E-state index contributed by atoms with van der Waals surface area (Å²) in [6.45, 7) is 5.41. The van der Waals surface area contributed by atoms with Crippen LogP contribution in [-0.2, 0) is 0 Å². The van der Waals surface area contributed by atoms with Gasteiger partial charge in [-0.15, -0.1) is 11.3 Å². The Morgan fingerprint density at radius 3 is 2.64 bits per heavy atom. The molecule has 6 heteroatoms. The van der Waals surface area contributed by atoms with E-state index in [0.29, 0.717) is 5.56 Å². The van der Waals surface area contributed by atoms with Gasteiger partial charge in [-0.2, -0.15) is 0 Å². The molecule has 3 aromatic rings. The summed E-state index contributed by atoms with van der Waals surface area (Å²) in [7, 11) is 0. The fraction of sp³-hybridized carbons (Fsp3) is 0.316. The highest BCUT2D eigenvalue weighted by Crippen LogP contribution is 2.30. The Labute approximate surface area is 150 Å². The average molecular weight is 352 g/mol. The molecule has 1 amide bonds. The molecular weight excluding hydrogens is 332 g/mol. The monoisotopic (exact) mass is 352 g/mol. The van der Waals surface area contributed by atoms with E-state index in [1.807, 2.05) is 17.0 Å². The van der Waals surface area contributed by atoms with E-state index in [2.05, 4.69) is 35.0 Å². The maximum absolute atomic E-state index is 12.5. The van der Waals surface area contributed by atoms with E-state index in [4.69, 9.17) is 4.98 Å². The van der Waals surface area contributed by atoms with Crippen molar-refractivity contribution in [2.75, 3.05) is 26.2 Å². The Morgan fingerprint density at radius 2 is 1.92 bits per heavy atom. The molecule has 3 heterocycles. The van der Waals surface area contributed by atoms with Gasteiger partial charge in [-0.3, -0.25) is 14.7 Å². The Bertz CT molecular complexity index is 838. The minimum absolute atomic E-state index is 0.0698. The lowest BCUT2D eigenvalue weighted by atomic mass is 10.2. The number of thiazole rings is 1. The molecule has 5 nitrogen and oxygen atoms in total. The Balaban J connectivity index is 1.42. The van der Waals surface area contributed by atoms with E-state index in [0.717, 1.165) is 36.7 Å². The second-order valence-electron chi connectivity index (χ2n) is 6.27. The first-order valence-electron chi connectivity index (χ1n) is 8.51. The molecule has 1 unspecified atom stereocenters. The van der Waals surface area contributed by atoms with Crippen LogP contribution in [-0.4, -0.2) is 51.9 Å². The van der Waals surface area contributed by atoms with E-state index in [-0.39, 0.29) is 11.9 Å². The third kappa shape index (κ3) is 3.27. The van der Waals surface area contributed by atoms with Crippen molar-refractivity contribution < 1.29 is 4.79 Å². The van der Waals surface area contributed by atoms with Gasteiger partial charge < -0.3 is 4.90 Å². The molecule has 0 bridgehead atoms. The van der Waals surface area contributed by atoms with Crippen LogP contribution in [0.1, 0.15) is 28.3 Å². The minimum atomic E-state index is 0.0698. The third-order valence-corrected chi connectivity index (χ3v) is 5.93. The molecule has 25 heavy (non-hydrogen) atoms. The van der Waals surface area contributed by atoms with E-state index < -0.39 is 0 Å². The van der Waals surface area contributed by atoms with Crippen LogP contribution in [0.5, 0.6) is 0 Å². The molecule has 1 atom stereocenters. The molecule has 0 N–H and O–H groups in total. The first-order valence-corrected chi connectivity index (χ1v) is 9.33. The van der Waals surface area contributed by atoms with E-state index in [1.54, 1.807) is 29.8 Å². The number of nitrogens with zero attached hydrogens (tertiary/aromatic N) is 4. The number of benzene rings is 1. The van der Waals surface area contributed by atoms with Crippen molar-refractivity contribution in [2.45, 2.75) is 13.0 Å². The van der Waals surface area contributed by atoms with Crippen molar-refractivity contribution in [1.29, 1.82) is 0 Å². The first kappa shape index (κ1) is 16.2. The van der Waals surface area contributed by atoms with Crippen LogP contribution >= 0.6 is 11.3 Å². The summed E-state index contributed by atoms with van der Waals surface area (Å²) in [6.07, 6.45) is 3.33. The summed E-state index contributed by atoms with van der Waals surface area (Å²) >= 11 is 1.76. The minimum Gasteiger partial charge on any atom is -0.336 e. The van der Waals surface area contributed by atoms with Crippen LogP contribution in [0.25, 0.3) is 10.2 Å². The summed E-state index contributed by atoms with van der Waals surface area (Å²) in [4.78, 5) is 25.7. The van der Waals surface area contributed by atoms with E-state index in [1.165, 1.54) is 4.70 Å². The van der Waals surface area contributed by atoms with Gasteiger partial charge in [0.15, 0.2) is 0 Å². The van der Waals surface area contributed by atoms with Gasteiger partial charge in [0, 0.05) is 38.6 Å². The number of hydrogen-bond acceptors (Lipinski definition) is 5. The Kier molecular flexibility index (Phi) is 4.46. The number of pyridine rings is 1. The van der Waals surface area contributed by atoms with Gasteiger partial charge in [0.2, 0.25) is 0 Å². The quantitative estimate of drug-likeness (QED) is 0.726. The number of rotatable bonds is 3. The Morgan fingerprint density at radius 1 is 1.12 bits per heavy atom. The number of piperazine rings is 1. The predicted molar refractivity (Wildman–Crippen MR) is 99.7 cm³/mol. The van der Waals surface area contributed by atoms with Gasteiger partial charge in [0.25, 0.3) is 5.91 Å². The summed E-state index contributed by atoms with van der Waals surface area (Å²) in [5.41, 5.74) is 1.73. The van der Waals surface area contributed by atoms with Crippen LogP contribution in [0.3, 0.4) is 0 Å². The highest BCUT2D eigenvalue weighted by Gasteiger charge is 2.26. The lowest BCUT2D eigenvalue weighted by Crippen LogP contribution is -2.49. The number of carbonyl (C=O) groups excluding carboxylic acids is 1. The fourth-order valence-corrected chi connectivity index (χ4v) is 4.26. The number of carbonyl (C=O) groups is 1. The van der Waals surface area contributed by atoms with Gasteiger partial charge >= 0.3 is 0 Å². The zero-order chi connectivity index (χ0) is 17.2. The largest absolute Gasteiger partial charge is 0.336 e. The van der Waals surface area contributed by atoms with E-state index >= 15 is 0 Å². The second kappa shape index (κ2) is 6.90. The standard InChI is InChI=1S/C19H20N4OS/c1-14(18-21-16-6-2-3-7-17(16)25-18)22-9-11-23(12-10-22)19(24)15-5-4-8-20-13-15/h2-8,13-14H,9-12H2,1H3. The summed E-state index contributed by atoms with van der Waals surface area (Å²) in [5.74, 6) is 0.0698. The third-order valence-electron chi connectivity index (χ3n) is 4.73. The van der Waals surface area contributed by atoms with Crippen molar-refractivity contribution >= 4 is 27.5 Å². The average Bonchev–Trinajstić information content (AvgIpc) is 3.12. The molecule has 1 aliphatic rings. The van der Waals surface area contributed by atoms with Crippen LogP contribution < -0.4 is 0 Å². The van der Waals surface area contributed by atoms with Crippen molar-refractivity contribution in [3.63, 3.8) is 0 Å². The highest BCUT2D eigenvalue weighted by atomic mass is 32.1. The molecule has 1 aromatic carbocycles. The molecule has 128 valence electrons. The van der Waals surface area contributed by atoms with Crippen molar-refractivity contribution in [3.05, 3.63) is 59.4 Å². The summed E-state index contributed by atoms with van der Waals surface area (Å²) in [5, 5.41) is 1.15. The topological polar surface area (TPSA) is 49.3 Å². The van der Waals surface area contributed by atoms with Gasteiger partial charge in [0.1, 0.15) is 5.01 Å². The molecule has 0 aliphatic carbocycles. The van der Waals surface area contributed by atoms with E-state index in [9.17, 15) is 4.79 Å². The molecule has 4 rings (SSSR count). The lowest BCUT2D eigenvalue weighted by molar-refractivity contribution is 0.0581. The zero-order valence-corrected chi connectivity index (χ0v) is 14.9. The normalized spacial score (nSPS) is 16.9. The number of amides is 1. The zero-order valence-electron chi connectivity index (χ0n) is 14.1. The van der Waals surface area contributed by atoms with Crippen LogP contribution in [0.15, 0.2) is 48.8 Å². The SMILES string of the molecule is CC(c1nc2ccccc2s1)N1CCN(C(=O)c2cccnc2)CC1. The molecule has 2 aromatic heterocycles. The maximum atomic E-state index is 12.5. The summed E-state index contributed by atoms with van der Waals surface area (Å²) < 4.78 is 1.23. The van der Waals surface area contributed by atoms with Crippen LogP contribution in [0.4, 0.5) is 0 Å². The maximum Gasteiger partial charge on any atom is 0.255 e. The molecule has 1 aliphatic heterocycles. The van der Waals surface area contributed by atoms with Gasteiger partial charge in [-0.1, -0.05) is 12.1 Å². The molecule has 0 spiro atoms. The molecule has 1 saturated heterocycles. The van der Waals surface area contributed by atoms with Crippen molar-refractivity contribution in [1.82, 2.24) is 19.8 Å². The van der Waals surface area contributed by atoms with Crippen LogP contribution in [0.2, 0.25) is 0 Å². The molecular formula is C19H20N4OS. The number of fused-ring (bicyclic) bond motifs is 1. The Hall–Kier alpha value is -2.31. The molecule has 1 fully saturated rings. The smallest absolute Gasteiger partial charge is 0.255 e. The number of hydrogen-bond donors (Lipinski definition) is 0. The lowest BCUT2D eigenvalue weighted by Gasteiger charge is -2.37. The van der Waals surface area contributed by atoms with Gasteiger partial charge in [0.05, 0.1) is 21.8 Å². The van der Waals surface area contributed by atoms with Crippen molar-refractivity contribution in [3.8, 4) is 0 Å². The first-order chi connectivity index (χ1) is 12.2. The number of aromatic nitrogens is 2. The van der Waals surface area contributed by atoms with Gasteiger partial charge in [-0.05, 0) is 31.2 Å².